The van der Waals surface area contributed by atoms with Gasteiger partial charge in [0.05, 0.1) is 17.0 Å². The molecule has 0 aliphatic heterocycles. The zero-order valence-electron chi connectivity index (χ0n) is 12.7. The number of hydrogen-bond acceptors (Lipinski definition) is 3. The second-order valence-corrected chi connectivity index (χ2v) is 6.14. The summed E-state index contributed by atoms with van der Waals surface area (Å²) in [5, 5.41) is 9.29. The Balaban J connectivity index is 3.03. The molecule has 0 aromatic carbocycles. The van der Waals surface area contributed by atoms with E-state index in [1.807, 2.05) is 4.90 Å². The Morgan fingerprint density at radius 3 is 2.25 bits per heavy atom. The van der Waals surface area contributed by atoms with Crippen LogP contribution >= 0.6 is 12.2 Å². The van der Waals surface area contributed by atoms with Crippen LogP contribution in [0.3, 0.4) is 0 Å². The fraction of sp³-hybridized carbons (Fsp3) is 0.867. The van der Waals surface area contributed by atoms with Gasteiger partial charge in [-0.15, -0.1) is 0 Å². The fourth-order valence-corrected chi connectivity index (χ4v) is 3.57. The van der Waals surface area contributed by atoms with Crippen LogP contribution in [0.2, 0.25) is 0 Å². The van der Waals surface area contributed by atoms with Crippen molar-refractivity contribution in [2.45, 2.75) is 64.8 Å². The molecule has 0 atom stereocenters. The highest BCUT2D eigenvalue weighted by atomic mass is 32.1. The van der Waals surface area contributed by atoms with Crippen molar-refractivity contribution in [3.63, 3.8) is 0 Å². The van der Waals surface area contributed by atoms with Gasteiger partial charge in [0, 0.05) is 12.6 Å². The number of amides is 1. The van der Waals surface area contributed by atoms with Gasteiger partial charge in [0.25, 0.3) is 0 Å². The largest absolute Gasteiger partial charge is 0.395 e. The third kappa shape index (κ3) is 3.50. The van der Waals surface area contributed by atoms with E-state index in [9.17, 15) is 9.90 Å². The van der Waals surface area contributed by atoms with Crippen LogP contribution in [0.25, 0.3) is 0 Å². The number of hydrogen-bond donors (Lipinski definition) is 2. The van der Waals surface area contributed by atoms with Crippen molar-refractivity contribution in [1.82, 2.24) is 4.90 Å². The number of carbonyl (C=O) groups excluding carboxylic acids is 1. The molecular weight excluding hydrogens is 272 g/mol. The first-order chi connectivity index (χ1) is 9.53. The van der Waals surface area contributed by atoms with E-state index in [1.54, 1.807) is 0 Å². The highest BCUT2D eigenvalue weighted by molar-refractivity contribution is 7.80. The Bertz CT molecular complexity index is 337. The van der Waals surface area contributed by atoms with E-state index in [4.69, 9.17) is 18.0 Å². The number of aliphatic hydroxyl groups is 1. The van der Waals surface area contributed by atoms with Gasteiger partial charge in [-0.05, 0) is 25.7 Å². The topological polar surface area (TPSA) is 66.6 Å². The van der Waals surface area contributed by atoms with E-state index >= 15 is 0 Å². The molecule has 0 saturated heterocycles. The molecule has 1 rings (SSSR count). The summed E-state index contributed by atoms with van der Waals surface area (Å²) in [6.07, 6.45) is 6.42. The van der Waals surface area contributed by atoms with E-state index in [2.05, 4.69) is 13.8 Å². The van der Waals surface area contributed by atoms with Gasteiger partial charge in [0.2, 0.25) is 5.91 Å². The van der Waals surface area contributed by atoms with Crippen molar-refractivity contribution in [2.24, 2.45) is 11.1 Å². The second kappa shape index (κ2) is 7.93. The predicted molar refractivity (Wildman–Crippen MR) is 85.5 cm³/mol. The number of aliphatic hydroxyl groups excluding tert-OH is 1. The van der Waals surface area contributed by atoms with E-state index in [0.29, 0.717) is 11.5 Å². The van der Waals surface area contributed by atoms with E-state index < -0.39 is 5.41 Å². The summed E-state index contributed by atoms with van der Waals surface area (Å²) in [7, 11) is 0. The van der Waals surface area contributed by atoms with Crippen molar-refractivity contribution < 1.29 is 9.90 Å². The van der Waals surface area contributed by atoms with Crippen molar-refractivity contribution in [3.8, 4) is 0 Å². The Kier molecular flexibility index (Phi) is 6.89. The van der Waals surface area contributed by atoms with Crippen molar-refractivity contribution in [2.75, 3.05) is 13.2 Å². The minimum atomic E-state index is -0.675. The third-order valence-corrected chi connectivity index (χ3v) is 4.96. The monoisotopic (exact) mass is 300 g/mol. The van der Waals surface area contributed by atoms with Crippen molar-refractivity contribution in [1.29, 1.82) is 0 Å². The quantitative estimate of drug-likeness (QED) is 0.708. The van der Waals surface area contributed by atoms with Crippen LogP contribution in [0, 0.1) is 5.41 Å². The number of carbonyl (C=O) groups is 1. The maximum absolute atomic E-state index is 13.1. The summed E-state index contributed by atoms with van der Waals surface area (Å²) < 4.78 is 0. The Labute approximate surface area is 127 Å². The molecule has 20 heavy (non-hydrogen) atoms. The molecule has 0 aromatic rings. The maximum atomic E-state index is 13.1. The van der Waals surface area contributed by atoms with E-state index in [0.717, 1.165) is 44.9 Å². The van der Waals surface area contributed by atoms with Crippen LogP contribution in [0.15, 0.2) is 0 Å². The van der Waals surface area contributed by atoms with Gasteiger partial charge in [-0.25, -0.2) is 0 Å². The summed E-state index contributed by atoms with van der Waals surface area (Å²) in [6, 6.07) is 0.155. The first-order valence-electron chi connectivity index (χ1n) is 7.75. The number of nitrogens with two attached hydrogens (primary N) is 1. The highest BCUT2D eigenvalue weighted by Crippen LogP contribution is 2.39. The molecule has 1 saturated carbocycles. The zero-order valence-corrected chi connectivity index (χ0v) is 13.5. The third-order valence-electron chi connectivity index (χ3n) is 4.57. The molecule has 1 amide bonds. The Morgan fingerprint density at radius 1 is 1.30 bits per heavy atom. The van der Waals surface area contributed by atoms with Crippen molar-refractivity contribution >= 4 is 23.1 Å². The van der Waals surface area contributed by atoms with Gasteiger partial charge in [-0.3, -0.25) is 4.79 Å². The minimum Gasteiger partial charge on any atom is -0.395 e. The predicted octanol–water partition coefficient (Wildman–Crippen LogP) is 2.23. The van der Waals surface area contributed by atoms with E-state index in [1.165, 1.54) is 0 Å². The molecule has 1 aliphatic carbocycles. The fourth-order valence-electron chi connectivity index (χ4n) is 3.28. The summed E-state index contributed by atoms with van der Waals surface area (Å²) in [5.41, 5.74) is 5.27. The van der Waals surface area contributed by atoms with Gasteiger partial charge in [-0.2, -0.15) is 0 Å². The summed E-state index contributed by atoms with van der Waals surface area (Å²) in [6.45, 7) is 4.49. The molecule has 0 bridgehead atoms. The van der Waals surface area contributed by atoms with Gasteiger partial charge < -0.3 is 15.7 Å². The molecule has 1 fully saturated rings. The molecule has 0 heterocycles. The molecule has 4 nitrogen and oxygen atoms in total. The van der Waals surface area contributed by atoms with Crippen LogP contribution in [-0.4, -0.2) is 40.1 Å². The summed E-state index contributed by atoms with van der Waals surface area (Å²) in [5.74, 6) is 0.0347. The Hall–Kier alpha value is -0.680. The molecule has 0 radical (unpaired) electrons. The van der Waals surface area contributed by atoms with Gasteiger partial charge in [0.1, 0.15) is 0 Å². The Morgan fingerprint density at radius 2 is 1.85 bits per heavy atom. The molecule has 0 unspecified atom stereocenters. The number of thiocarbonyl (C=S) groups is 1. The molecule has 3 N–H and O–H groups in total. The minimum absolute atomic E-state index is 0.0182. The maximum Gasteiger partial charge on any atom is 0.235 e. The lowest BCUT2D eigenvalue weighted by molar-refractivity contribution is -0.143. The number of rotatable bonds is 7. The van der Waals surface area contributed by atoms with Crippen LogP contribution < -0.4 is 5.73 Å². The lowest BCUT2D eigenvalue weighted by atomic mass is 9.72. The summed E-state index contributed by atoms with van der Waals surface area (Å²) in [4.78, 5) is 15.2. The first kappa shape index (κ1) is 17.4. The smallest absolute Gasteiger partial charge is 0.235 e. The summed E-state index contributed by atoms with van der Waals surface area (Å²) >= 11 is 5.23. The van der Waals surface area contributed by atoms with Gasteiger partial charge >= 0.3 is 0 Å². The molecule has 5 heteroatoms. The average molecular weight is 300 g/mol. The lowest BCUT2D eigenvalue weighted by Crippen LogP contribution is -2.55. The standard InChI is InChI=1S/C15H28N2O2S/c1-3-12(4-2)17(10-11-18)14(19)15(13(16)20)8-6-5-7-9-15/h12,18H,3-11H2,1-2H3,(H2,16,20). The lowest BCUT2D eigenvalue weighted by Gasteiger charge is -2.41. The molecular formula is C15H28N2O2S. The molecule has 0 spiro atoms. The SMILES string of the molecule is CCC(CC)N(CCO)C(=O)C1(C(N)=S)CCCCC1. The first-order valence-corrected chi connectivity index (χ1v) is 8.16. The van der Waals surface area contributed by atoms with Gasteiger partial charge in [-0.1, -0.05) is 45.3 Å². The van der Waals surface area contributed by atoms with Crippen LogP contribution in [0.1, 0.15) is 58.8 Å². The van der Waals surface area contributed by atoms with Crippen LogP contribution in [-0.2, 0) is 4.79 Å². The normalized spacial score (nSPS) is 18.0. The van der Waals surface area contributed by atoms with Gasteiger partial charge in [0.15, 0.2) is 0 Å². The second-order valence-electron chi connectivity index (χ2n) is 5.70. The van der Waals surface area contributed by atoms with Crippen LogP contribution in [0.4, 0.5) is 0 Å². The zero-order chi connectivity index (χ0) is 15.2. The molecule has 1 aliphatic rings. The highest BCUT2D eigenvalue weighted by Gasteiger charge is 2.45. The molecule has 116 valence electrons. The number of nitrogens with zero attached hydrogens (tertiary/aromatic N) is 1. The van der Waals surface area contributed by atoms with Crippen molar-refractivity contribution in [3.05, 3.63) is 0 Å². The molecule has 0 aromatic heterocycles. The van der Waals surface area contributed by atoms with E-state index in [-0.39, 0.29) is 18.6 Å². The average Bonchev–Trinajstić information content (AvgIpc) is 2.47. The van der Waals surface area contributed by atoms with Crippen LogP contribution in [0.5, 0.6) is 0 Å².